The fraction of sp³-hybridized carbons (Fsp3) is 0.545. The Labute approximate surface area is 519 Å². The smallest absolute Gasteiger partial charge is 0.472 e. The number of imidazole rings is 2. The number of nitrogens with zero attached hydrogens (tertiary/aromatic N) is 9. The number of carbonyl (C=O) groups is 2. The molecule has 4 aromatic rings. The number of carbonyl (C=O) groups excluding carboxylic acids is 2. The maximum absolute atomic E-state index is 15.8. The lowest BCUT2D eigenvalue weighted by Crippen LogP contribution is -2.49. The lowest BCUT2D eigenvalue weighted by molar-refractivity contribution is -0.0600. The largest absolute Gasteiger partial charge is 0.475 e. The number of phosphoric acid groups is 2. The first-order valence-corrected chi connectivity index (χ1v) is 36.9. The average Bonchev–Trinajstić information content (AvgIpc) is 1.66. The monoisotopic (exact) mass is 1320 g/mol. The van der Waals surface area contributed by atoms with Gasteiger partial charge in [0.15, 0.2) is 51.4 Å². The number of aliphatic hydroxyl groups is 1. The number of amides is 2. The minimum atomic E-state index is -5.05. The van der Waals surface area contributed by atoms with Crippen molar-refractivity contribution in [1.29, 1.82) is 5.26 Å². The highest BCUT2D eigenvalue weighted by Gasteiger charge is 2.58. The molecule has 4 aromatic heterocycles. The van der Waals surface area contributed by atoms with Gasteiger partial charge in [0.05, 0.1) is 58.2 Å². The van der Waals surface area contributed by atoms with Crippen LogP contribution in [-0.4, -0.2) is 169 Å². The summed E-state index contributed by atoms with van der Waals surface area (Å²) >= 11 is 0. The van der Waals surface area contributed by atoms with Crippen LogP contribution >= 0.6 is 15.6 Å². The van der Waals surface area contributed by atoms with E-state index in [0.717, 1.165) is 0 Å². The molecule has 0 aliphatic carbocycles. The van der Waals surface area contributed by atoms with Gasteiger partial charge in [-0.25, -0.2) is 28.7 Å². The molecule has 2 aliphatic heterocycles. The second-order valence-electron chi connectivity index (χ2n) is 22.8. The third-order valence-corrected chi connectivity index (χ3v) is 26.2. The summed E-state index contributed by atoms with van der Waals surface area (Å²) in [5.41, 5.74) is 0.280. The topological polar surface area (TPSA) is 353 Å². The van der Waals surface area contributed by atoms with Gasteiger partial charge in [0.2, 0.25) is 23.7 Å². The summed E-state index contributed by atoms with van der Waals surface area (Å²) in [6.45, 7) is 38.8. The van der Waals surface area contributed by atoms with E-state index in [1.807, 2.05) is 73.8 Å². The Morgan fingerprint density at radius 1 is 0.629 bits per heavy atom. The number of fused-ring (bicyclic) bond motifs is 2. The van der Waals surface area contributed by atoms with E-state index in [2.05, 4.69) is 80.0 Å². The van der Waals surface area contributed by atoms with Gasteiger partial charge in [-0.3, -0.25) is 46.9 Å². The van der Waals surface area contributed by atoms with Gasteiger partial charge in [0.25, 0.3) is 0 Å². The number of hydrogen-bond donors (Lipinski definition) is 3. The molecule has 488 valence electrons. The van der Waals surface area contributed by atoms with Crippen molar-refractivity contribution >= 4 is 78.7 Å². The van der Waals surface area contributed by atoms with E-state index >= 15 is 4.57 Å². The molecule has 2 fully saturated rings. The molecule has 2 aliphatic rings. The van der Waals surface area contributed by atoms with Crippen LogP contribution in [0.3, 0.4) is 0 Å². The van der Waals surface area contributed by atoms with E-state index < -0.39 is 130 Å². The number of nitrogens with one attached hydrogen (secondary N) is 2. The van der Waals surface area contributed by atoms with Crippen molar-refractivity contribution in [2.24, 2.45) is 0 Å². The van der Waals surface area contributed by atoms with Crippen molar-refractivity contribution < 1.29 is 88.2 Å². The van der Waals surface area contributed by atoms with E-state index in [4.69, 9.17) is 64.4 Å². The van der Waals surface area contributed by atoms with Gasteiger partial charge in [-0.2, -0.15) is 25.2 Å². The lowest BCUT2D eigenvalue weighted by atomic mass is 10.1. The molecule has 0 saturated carbocycles. The Balaban J connectivity index is 1.51. The standard InChI is InChI=1S/C55H81N11O19P2Si2/c1-17-25-72-46-38-44(59-50(61-46)63-52(68)74-27-19-3)65(34-57-38)48-42(84-88(13,14)54(7,8)9)40(36(32-67)80-48)82-87(71,77-30-22-6)79-33-37-41(83-86(70,76-29-21-5)78-31-23-24-56)43(85-89(15,16)55(10,11)12)49(81-37)66-35-58-39-45(66)60-51(62-47(39)73-26-18-2)64-53(69)75-28-20-4/h17-22,34-37,40-43,48-49,67H,1-6,23,25-33H2,7-16H3,(H,59,61,63,68)(H,60,62,64,69)/t36-,37-,40-,41-,42-,43-,48-,49-,86?,87?/m1/s1. The number of aromatic nitrogens is 8. The molecule has 0 aromatic carbocycles. The molecule has 30 nitrogen and oxygen atoms in total. The zero-order valence-electron chi connectivity index (χ0n) is 51.8. The highest BCUT2D eigenvalue weighted by Crippen LogP contribution is 2.58. The molecule has 2 unspecified atom stereocenters. The molecule has 6 heterocycles. The van der Waals surface area contributed by atoms with Crippen molar-refractivity contribution in [3.05, 3.63) is 88.6 Å². The van der Waals surface area contributed by atoms with Crippen molar-refractivity contribution in [3.63, 3.8) is 0 Å². The lowest BCUT2D eigenvalue weighted by Gasteiger charge is -2.41. The Kier molecular flexibility index (Phi) is 25.0. The molecule has 2 amide bonds. The SMILES string of the molecule is C=CCOC(=O)Nc1nc(OCC=C)c2ncn([C@@H]3O[C@H](CO)[C@@H](OP(=O)(OCC=C)OC[C@H]4O[C@@H](n5cnc6c(OCC=C)nc(NC(=O)OCC=C)nc65)[C@H](O[Si](C)(C)C(C)(C)C)[C@@H]4OP(=O)(OCC=C)OCCC#N)[C@H]3O[Si](C)(C)C(C)(C)C)c2n1. The van der Waals surface area contributed by atoms with E-state index in [0.29, 0.717) is 0 Å². The molecule has 0 radical (unpaired) electrons. The number of nitriles is 1. The van der Waals surface area contributed by atoms with Crippen molar-refractivity contribution in [2.75, 3.05) is 70.1 Å². The van der Waals surface area contributed by atoms with Crippen molar-refractivity contribution in [3.8, 4) is 17.8 Å². The maximum atomic E-state index is 15.8. The molecule has 10 atom stereocenters. The van der Waals surface area contributed by atoms with Gasteiger partial charge in [-0.05, 0) is 36.3 Å². The number of phosphoric ester groups is 2. The van der Waals surface area contributed by atoms with Gasteiger partial charge in [-0.15, -0.1) is 13.2 Å². The van der Waals surface area contributed by atoms with Crippen LogP contribution in [-0.2, 0) is 64.1 Å². The number of anilines is 2. The quantitative estimate of drug-likeness (QED) is 0.0167. The average molecular weight is 1320 g/mol. The molecule has 0 bridgehead atoms. The number of ether oxygens (including phenoxy) is 6. The molecular formula is C55H81N11O19P2Si2. The summed E-state index contributed by atoms with van der Waals surface area (Å²) in [5, 5.41) is 24.7. The first-order valence-electron chi connectivity index (χ1n) is 28.1. The van der Waals surface area contributed by atoms with Gasteiger partial charge >= 0.3 is 27.8 Å². The minimum Gasteiger partial charge on any atom is -0.472 e. The second-order valence-corrected chi connectivity index (χ2v) is 35.6. The van der Waals surface area contributed by atoms with Gasteiger partial charge in [-0.1, -0.05) is 104 Å². The number of hydrogen-bond acceptors (Lipinski definition) is 26. The zero-order chi connectivity index (χ0) is 65.5. The third-order valence-electron chi connectivity index (χ3n) is 14.4. The fourth-order valence-corrected chi connectivity index (χ4v) is 13.4. The van der Waals surface area contributed by atoms with Crippen LogP contribution < -0.4 is 20.1 Å². The summed E-state index contributed by atoms with van der Waals surface area (Å²) in [7, 11) is -15.8. The first-order chi connectivity index (χ1) is 42.1. The van der Waals surface area contributed by atoms with Crippen LogP contribution in [0.5, 0.6) is 11.8 Å². The minimum absolute atomic E-state index is 0.0154. The fourth-order valence-electron chi connectivity index (χ4n) is 8.10. The summed E-state index contributed by atoms with van der Waals surface area (Å²) in [6.07, 6.45) is -2.22. The van der Waals surface area contributed by atoms with Crippen LogP contribution in [0.4, 0.5) is 21.5 Å². The van der Waals surface area contributed by atoms with E-state index in [9.17, 15) is 24.5 Å². The molecule has 34 heteroatoms. The summed E-state index contributed by atoms with van der Waals surface area (Å²) in [6, 6.07) is 1.94. The zero-order valence-corrected chi connectivity index (χ0v) is 55.6. The normalized spacial score (nSPS) is 21.9. The Hall–Kier alpha value is -6.38. The number of aliphatic hydroxyl groups excluding tert-OH is 1. The second kappa shape index (κ2) is 31.1. The van der Waals surface area contributed by atoms with Crippen molar-refractivity contribution in [2.45, 2.75) is 133 Å². The van der Waals surface area contributed by atoms with Gasteiger partial charge in [0.1, 0.15) is 63.1 Å². The Morgan fingerprint density at radius 3 is 1.43 bits per heavy atom. The van der Waals surface area contributed by atoms with Crippen LogP contribution in [0.1, 0.15) is 60.4 Å². The first kappa shape index (κ1) is 71.7. The third kappa shape index (κ3) is 18.0. The van der Waals surface area contributed by atoms with Crippen LogP contribution in [0, 0.1) is 11.3 Å². The summed E-state index contributed by atoms with van der Waals surface area (Å²) < 4.78 is 120. The molecule has 6 rings (SSSR count). The predicted octanol–water partition coefficient (Wildman–Crippen LogP) is 10.2. The Morgan fingerprint density at radius 2 is 1.03 bits per heavy atom. The van der Waals surface area contributed by atoms with Gasteiger partial charge in [0, 0.05) is 0 Å². The van der Waals surface area contributed by atoms with Gasteiger partial charge < -0.3 is 42.4 Å². The molecular weight excluding hydrogens is 1240 g/mol. The van der Waals surface area contributed by atoms with E-state index in [1.54, 1.807) is 0 Å². The Bertz CT molecular complexity index is 3310. The molecule has 89 heavy (non-hydrogen) atoms. The van der Waals surface area contributed by atoms with Crippen molar-refractivity contribution in [1.82, 2.24) is 39.0 Å². The summed E-state index contributed by atoms with van der Waals surface area (Å²) in [5.74, 6) is -0.660. The summed E-state index contributed by atoms with van der Waals surface area (Å²) in [4.78, 5) is 52.9. The molecule has 3 N–H and O–H groups in total. The highest BCUT2D eigenvalue weighted by atomic mass is 31.2. The molecule has 0 spiro atoms. The van der Waals surface area contributed by atoms with E-state index in [-0.39, 0.29) is 85.4 Å². The highest BCUT2D eigenvalue weighted by molar-refractivity contribution is 7.48. The molecule has 2 saturated heterocycles. The van der Waals surface area contributed by atoms with Crippen LogP contribution in [0.25, 0.3) is 22.3 Å². The van der Waals surface area contributed by atoms with E-state index in [1.165, 1.54) is 58.2 Å². The van der Waals surface area contributed by atoms with Crippen LogP contribution in [0.15, 0.2) is 88.6 Å². The maximum Gasteiger partial charge on any atom is 0.475 e. The van der Waals surface area contributed by atoms with Crippen LogP contribution in [0.2, 0.25) is 36.3 Å². The number of rotatable bonds is 35. The predicted molar refractivity (Wildman–Crippen MR) is 331 cm³/mol.